The highest BCUT2D eigenvalue weighted by Gasteiger charge is 2.15. The van der Waals surface area contributed by atoms with Gasteiger partial charge < -0.3 is 9.64 Å². The first kappa shape index (κ1) is 13.8. The van der Waals surface area contributed by atoms with E-state index in [1.54, 1.807) is 7.05 Å². The van der Waals surface area contributed by atoms with Crippen LogP contribution in [0.3, 0.4) is 0 Å². The van der Waals surface area contributed by atoms with E-state index >= 15 is 0 Å². The Morgan fingerprint density at radius 3 is 2.65 bits per heavy atom. The number of rotatable bonds is 4. The molecule has 17 heavy (non-hydrogen) atoms. The van der Waals surface area contributed by atoms with Crippen LogP contribution in [0.2, 0.25) is 0 Å². The molecule has 0 radical (unpaired) electrons. The summed E-state index contributed by atoms with van der Waals surface area (Å²) in [7, 11) is 1.70. The standard InChI is InChI=1S/C13H18ClNO2/c1-9(2)17-12-6-5-10(3)7-11(12)15(4)13(16)8-14/h5-7,9H,8H2,1-4H3. The van der Waals surface area contributed by atoms with Crippen LogP contribution < -0.4 is 9.64 Å². The summed E-state index contributed by atoms with van der Waals surface area (Å²) in [5.41, 5.74) is 1.83. The molecular formula is C13H18ClNO2. The molecule has 3 nitrogen and oxygen atoms in total. The van der Waals surface area contributed by atoms with Gasteiger partial charge in [0.25, 0.3) is 0 Å². The monoisotopic (exact) mass is 255 g/mol. The maximum absolute atomic E-state index is 11.6. The predicted molar refractivity (Wildman–Crippen MR) is 71.1 cm³/mol. The van der Waals surface area contributed by atoms with Gasteiger partial charge in [-0.25, -0.2) is 0 Å². The second kappa shape index (κ2) is 5.92. The number of carbonyl (C=O) groups is 1. The quantitative estimate of drug-likeness (QED) is 0.774. The smallest absolute Gasteiger partial charge is 0.241 e. The second-order valence-electron chi connectivity index (χ2n) is 4.22. The third-order valence-corrected chi connectivity index (χ3v) is 2.56. The Morgan fingerprint density at radius 2 is 2.12 bits per heavy atom. The fourth-order valence-corrected chi connectivity index (χ4v) is 1.65. The Balaban J connectivity index is 3.10. The van der Waals surface area contributed by atoms with Crippen molar-refractivity contribution in [3.05, 3.63) is 23.8 Å². The van der Waals surface area contributed by atoms with Crippen molar-refractivity contribution in [1.29, 1.82) is 0 Å². The fraction of sp³-hybridized carbons (Fsp3) is 0.462. The molecule has 0 unspecified atom stereocenters. The van der Waals surface area contributed by atoms with Crippen LogP contribution in [0, 0.1) is 6.92 Å². The summed E-state index contributed by atoms with van der Waals surface area (Å²) in [5.74, 6) is 0.517. The molecule has 1 aromatic carbocycles. The molecule has 0 heterocycles. The van der Waals surface area contributed by atoms with Gasteiger partial charge >= 0.3 is 0 Å². The number of anilines is 1. The molecule has 0 aliphatic rings. The third-order valence-electron chi connectivity index (χ3n) is 2.33. The third kappa shape index (κ3) is 3.63. The van der Waals surface area contributed by atoms with E-state index in [1.807, 2.05) is 39.0 Å². The van der Waals surface area contributed by atoms with Crippen LogP contribution >= 0.6 is 11.6 Å². The SMILES string of the molecule is Cc1ccc(OC(C)C)c(N(C)C(=O)CCl)c1. The van der Waals surface area contributed by atoms with Crippen molar-refractivity contribution in [1.82, 2.24) is 0 Å². The highest BCUT2D eigenvalue weighted by atomic mass is 35.5. The summed E-state index contributed by atoms with van der Waals surface area (Å²) in [5, 5.41) is 0. The molecule has 1 aromatic rings. The Kier molecular flexibility index (Phi) is 4.82. The Hall–Kier alpha value is -1.22. The molecular weight excluding hydrogens is 238 g/mol. The van der Waals surface area contributed by atoms with Gasteiger partial charge in [-0.1, -0.05) is 6.07 Å². The number of carbonyl (C=O) groups excluding carboxylic acids is 1. The minimum Gasteiger partial charge on any atom is -0.489 e. The van der Waals surface area contributed by atoms with Gasteiger partial charge in [0.1, 0.15) is 11.6 Å². The van der Waals surface area contributed by atoms with E-state index < -0.39 is 0 Å². The van der Waals surface area contributed by atoms with E-state index in [-0.39, 0.29) is 17.9 Å². The summed E-state index contributed by atoms with van der Waals surface area (Å²) in [6.45, 7) is 5.88. The van der Waals surface area contributed by atoms with Crippen LogP contribution in [-0.4, -0.2) is 24.9 Å². The lowest BCUT2D eigenvalue weighted by Gasteiger charge is -2.21. The van der Waals surface area contributed by atoms with Gasteiger partial charge in [0, 0.05) is 7.05 Å². The van der Waals surface area contributed by atoms with Crippen LogP contribution in [0.4, 0.5) is 5.69 Å². The molecule has 0 aromatic heterocycles. The summed E-state index contributed by atoms with van der Waals surface area (Å²) in [6, 6.07) is 5.76. The molecule has 0 N–H and O–H groups in total. The van der Waals surface area contributed by atoms with Crippen molar-refractivity contribution < 1.29 is 9.53 Å². The summed E-state index contributed by atoms with van der Waals surface area (Å²) >= 11 is 5.56. The number of nitrogens with zero attached hydrogens (tertiary/aromatic N) is 1. The number of alkyl halides is 1. The number of amides is 1. The maximum atomic E-state index is 11.6. The lowest BCUT2D eigenvalue weighted by atomic mass is 10.2. The van der Waals surface area contributed by atoms with Crippen LogP contribution in [0.5, 0.6) is 5.75 Å². The minimum atomic E-state index is -0.147. The molecule has 0 fully saturated rings. The van der Waals surface area contributed by atoms with E-state index in [9.17, 15) is 4.79 Å². The van der Waals surface area contributed by atoms with Crippen LogP contribution in [0.15, 0.2) is 18.2 Å². The molecule has 0 aliphatic carbocycles. The van der Waals surface area contributed by atoms with Gasteiger partial charge in [0.15, 0.2) is 0 Å². The molecule has 0 saturated heterocycles. The molecule has 0 aliphatic heterocycles. The summed E-state index contributed by atoms with van der Waals surface area (Å²) in [6.07, 6.45) is 0.0657. The average molecular weight is 256 g/mol. The molecule has 1 rings (SSSR count). The van der Waals surface area contributed by atoms with Gasteiger partial charge in [-0.15, -0.1) is 11.6 Å². The van der Waals surface area contributed by atoms with Crippen LogP contribution in [-0.2, 0) is 4.79 Å². The zero-order valence-electron chi connectivity index (χ0n) is 10.7. The van der Waals surface area contributed by atoms with E-state index in [0.29, 0.717) is 5.75 Å². The number of ether oxygens (including phenoxy) is 1. The number of hydrogen-bond donors (Lipinski definition) is 0. The topological polar surface area (TPSA) is 29.5 Å². The Morgan fingerprint density at radius 1 is 1.47 bits per heavy atom. The molecule has 0 saturated carbocycles. The van der Waals surface area contributed by atoms with Crippen molar-refractivity contribution in [2.45, 2.75) is 26.9 Å². The summed E-state index contributed by atoms with van der Waals surface area (Å²) < 4.78 is 5.68. The number of benzene rings is 1. The molecule has 94 valence electrons. The number of aryl methyl sites for hydroxylation is 1. The molecule has 4 heteroatoms. The van der Waals surface area contributed by atoms with Crippen molar-refractivity contribution in [2.75, 3.05) is 17.8 Å². The first-order chi connectivity index (χ1) is 7.95. The zero-order chi connectivity index (χ0) is 13.0. The van der Waals surface area contributed by atoms with Crippen molar-refractivity contribution in [3.8, 4) is 5.75 Å². The van der Waals surface area contributed by atoms with Gasteiger partial charge in [0.05, 0.1) is 11.8 Å². The predicted octanol–water partition coefficient (Wildman–Crippen LogP) is 2.98. The first-order valence-corrected chi connectivity index (χ1v) is 6.09. The molecule has 0 bridgehead atoms. The second-order valence-corrected chi connectivity index (χ2v) is 4.49. The van der Waals surface area contributed by atoms with E-state index in [0.717, 1.165) is 11.3 Å². The van der Waals surface area contributed by atoms with Crippen LogP contribution in [0.25, 0.3) is 0 Å². The Bertz CT molecular complexity index is 404. The average Bonchev–Trinajstić information content (AvgIpc) is 2.29. The molecule has 1 amide bonds. The van der Waals surface area contributed by atoms with Gasteiger partial charge in [-0.3, -0.25) is 4.79 Å². The van der Waals surface area contributed by atoms with Crippen LogP contribution in [0.1, 0.15) is 19.4 Å². The number of halogens is 1. The van der Waals surface area contributed by atoms with Gasteiger partial charge in [0.2, 0.25) is 5.91 Å². The summed E-state index contributed by atoms with van der Waals surface area (Å²) in [4.78, 5) is 13.1. The van der Waals surface area contributed by atoms with Crippen molar-refractivity contribution >= 4 is 23.2 Å². The zero-order valence-corrected chi connectivity index (χ0v) is 11.4. The Labute approximate surface area is 107 Å². The highest BCUT2D eigenvalue weighted by molar-refractivity contribution is 6.29. The number of hydrogen-bond acceptors (Lipinski definition) is 2. The molecule has 0 spiro atoms. The van der Waals surface area contributed by atoms with Gasteiger partial charge in [-0.2, -0.15) is 0 Å². The van der Waals surface area contributed by atoms with E-state index in [4.69, 9.17) is 16.3 Å². The van der Waals surface area contributed by atoms with E-state index in [1.165, 1.54) is 4.90 Å². The van der Waals surface area contributed by atoms with Gasteiger partial charge in [-0.05, 0) is 38.5 Å². The van der Waals surface area contributed by atoms with Crippen molar-refractivity contribution in [3.63, 3.8) is 0 Å². The fourth-order valence-electron chi connectivity index (χ4n) is 1.47. The highest BCUT2D eigenvalue weighted by Crippen LogP contribution is 2.29. The lowest BCUT2D eigenvalue weighted by Crippen LogP contribution is -2.28. The lowest BCUT2D eigenvalue weighted by molar-refractivity contribution is -0.116. The maximum Gasteiger partial charge on any atom is 0.241 e. The van der Waals surface area contributed by atoms with E-state index in [2.05, 4.69) is 0 Å². The normalized spacial score (nSPS) is 10.5. The first-order valence-electron chi connectivity index (χ1n) is 5.55. The molecule has 0 atom stereocenters. The van der Waals surface area contributed by atoms with Crippen molar-refractivity contribution in [2.24, 2.45) is 0 Å². The largest absolute Gasteiger partial charge is 0.489 e. The minimum absolute atomic E-state index is 0.0362.